The molecular formula is C25H22ClN3OS. The second-order valence-electron chi connectivity index (χ2n) is 7.75. The van der Waals surface area contributed by atoms with Crippen molar-refractivity contribution in [1.82, 2.24) is 15.1 Å². The molecule has 1 amide bonds. The number of halogens is 1. The molecule has 2 aromatic carbocycles. The highest BCUT2D eigenvalue weighted by Gasteiger charge is 2.27. The van der Waals surface area contributed by atoms with Crippen molar-refractivity contribution in [2.24, 2.45) is 0 Å². The average Bonchev–Trinajstić information content (AvgIpc) is 3.37. The van der Waals surface area contributed by atoms with E-state index in [1.165, 1.54) is 21.7 Å². The fraction of sp³-hybridized carbons (Fsp3) is 0.200. The number of aryl methyl sites for hydroxylation is 2. The monoisotopic (exact) mass is 447 g/mol. The number of rotatable bonds is 5. The van der Waals surface area contributed by atoms with Gasteiger partial charge in [-0.25, -0.2) is 4.68 Å². The van der Waals surface area contributed by atoms with Crippen molar-refractivity contribution >= 4 is 28.8 Å². The summed E-state index contributed by atoms with van der Waals surface area (Å²) in [6, 6.07) is 20.0. The first kappa shape index (κ1) is 20.0. The number of hydrogen-bond acceptors (Lipinski definition) is 3. The molecule has 1 N–H and O–H groups in total. The van der Waals surface area contributed by atoms with Crippen molar-refractivity contribution in [3.63, 3.8) is 0 Å². The lowest BCUT2D eigenvalue weighted by atomic mass is 9.95. The van der Waals surface area contributed by atoms with Gasteiger partial charge in [-0.05, 0) is 67.6 Å². The molecule has 31 heavy (non-hydrogen) atoms. The third kappa shape index (κ3) is 3.91. The Bertz CT molecular complexity index is 1240. The molecule has 0 fully saturated rings. The summed E-state index contributed by atoms with van der Waals surface area (Å²) in [4.78, 5) is 14.7. The molecule has 4 aromatic rings. The van der Waals surface area contributed by atoms with Gasteiger partial charge in [0.25, 0.3) is 5.91 Å². The van der Waals surface area contributed by atoms with Gasteiger partial charge < -0.3 is 5.32 Å². The topological polar surface area (TPSA) is 46.9 Å². The van der Waals surface area contributed by atoms with Crippen LogP contribution in [-0.4, -0.2) is 22.2 Å². The van der Waals surface area contributed by atoms with Crippen LogP contribution in [0.2, 0.25) is 5.02 Å². The maximum absolute atomic E-state index is 12.8. The molecule has 0 aliphatic heterocycles. The van der Waals surface area contributed by atoms with Gasteiger partial charge in [-0.3, -0.25) is 4.79 Å². The number of aromatic nitrogens is 2. The van der Waals surface area contributed by atoms with E-state index < -0.39 is 0 Å². The minimum atomic E-state index is -0.0111. The maximum Gasteiger partial charge on any atom is 0.261 e. The van der Waals surface area contributed by atoms with Crippen LogP contribution in [0.5, 0.6) is 0 Å². The van der Waals surface area contributed by atoms with Gasteiger partial charge in [-0.2, -0.15) is 5.10 Å². The van der Waals surface area contributed by atoms with Crippen molar-refractivity contribution < 1.29 is 4.79 Å². The van der Waals surface area contributed by atoms with Crippen LogP contribution in [0.25, 0.3) is 16.1 Å². The molecule has 0 unspecified atom stereocenters. The van der Waals surface area contributed by atoms with Gasteiger partial charge in [-0.15, -0.1) is 11.3 Å². The van der Waals surface area contributed by atoms with Gasteiger partial charge in [-0.1, -0.05) is 41.9 Å². The van der Waals surface area contributed by atoms with Crippen LogP contribution < -0.4 is 5.32 Å². The lowest BCUT2D eigenvalue weighted by Gasteiger charge is -2.14. The highest BCUT2D eigenvalue weighted by Crippen LogP contribution is 2.42. The number of para-hydroxylation sites is 1. The third-order valence-corrected chi connectivity index (χ3v) is 7.11. The number of nitrogens with zero attached hydrogens (tertiary/aromatic N) is 2. The maximum atomic E-state index is 12.8. The standard InChI is InChI=1S/C25H22ClN3OS/c1-16-23-21(29(28-16)20-5-3-2-4-6-20)12-9-18-15-22(31-24(18)23)25(30)27-14-13-17-7-10-19(26)11-8-17/h2-8,10-11,15H,9,12-14H2,1H3,(H,27,30). The normalized spacial score (nSPS) is 12.3. The summed E-state index contributed by atoms with van der Waals surface area (Å²) in [7, 11) is 0. The molecule has 2 aromatic heterocycles. The lowest BCUT2D eigenvalue weighted by Crippen LogP contribution is -2.24. The first-order valence-electron chi connectivity index (χ1n) is 10.4. The Morgan fingerprint density at radius 3 is 2.68 bits per heavy atom. The fourth-order valence-electron chi connectivity index (χ4n) is 4.13. The summed E-state index contributed by atoms with van der Waals surface area (Å²) >= 11 is 7.51. The first-order valence-corrected chi connectivity index (χ1v) is 11.6. The summed E-state index contributed by atoms with van der Waals surface area (Å²) in [5.41, 5.74) is 6.91. The average molecular weight is 448 g/mol. The van der Waals surface area contributed by atoms with Crippen molar-refractivity contribution in [2.75, 3.05) is 6.54 Å². The summed E-state index contributed by atoms with van der Waals surface area (Å²) in [6.45, 7) is 2.65. The van der Waals surface area contributed by atoms with Gasteiger partial charge in [0.05, 0.1) is 22.0 Å². The Balaban J connectivity index is 1.35. The van der Waals surface area contributed by atoms with E-state index in [9.17, 15) is 4.79 Å². The molecule has 0 radical (unpaired) electrons. The van der Waals surface area contributed by atoms with E-state index >= 15 is 0 Å². The van der Waals surface area contributed by atoms with E-state index in [-0.39, 0.29) is 5.91 Å². The number of carbonyl (C=O) groups is 1. The quantitative estimate of drug-likeness (QED) is 0.430. The van der Waals surface area contributed by atoms with E-state index in [4.69, 9.17) is 16.7 Å². The predicted octanol–water partition coefficient (Wildman–Crippen LogP) is 5.63. The third-order valence-electron chi connectivity index (χ3n) is 5.66. The number of benzene rings is 2. The zero-order valence-electron chi connectivity index (χ0n) is 17.2. The Morgan fingerprint density at radius 2 is 1.90 bits per heavy atom. The number of hydrogen-bond donors (Lipinski definition) is 1. The highest BCUT2D eigenvalue weighted by atomic mass is 35.5. The van der Waals surface area contributed by atoms with Crippen LogP contribution in [0, 0.1) is 6.92 Å². The van der Waals surface area contributed by atoms with Crippen molar-refractivity contribution in [3.8, 4) is 16.1 Å². The Kier molecular flexibility index (Phi) is 5.38. The van der Waals surface area contributed by atoms with Crippen LogP contribution in [0.15, 0.2) is 60.7 Å². The summed E-state index contributed by atoms with van der Waals surface area (Å²) in [6.07, 6.45) is 2.63. The predicted molar refractivity (Wildman–Crippen MR) is 127 cm³/mol. The number of amides is 1. The zero-order chi connectivity index (χ0) is 21.4. The number of thiophene rings is 1. The smallest absolute Gasteiger partial charge is 0.261 e. The molecule has 0 saturated carbocycles. The Hall–Kier alpha value is -2.89. The molecule has 5 rings (SSSR count). The SMILES string of the molecule is Cc1nn(-c2ccccc2)c2c1-c1sc(C(=O)NCCc3ccc(Cl)cc3)cc1CC2. The Morgan fingerprint density at radius 1 is 1.13 bits per heavy atom. The summed E-state index contributed by atoms with van der Waals surface area (Å²) < 4.78 is 2.05. The van der Waals surface area contributed by atoms with Gasteiger partial charge in [0.2, 0.25) is 0 Å². The number of nitrogens with one attached hydrogen (secondary N) is 1. The Labute approximate surface area is 190 Å². The van der Waals surface area contributed by atoms with Crippen molar-refractivity contribution in [1.29, 1.82) is 0 Å². The second kappa shape index (κ2) is 8.33. The van der Waals surface area contributed by atoms with E-state index in [0.29, 0.717) is 6.54 Å². The minimum Gasteiger partial charge on any atom is -0.351 e. The van der Waals surface area contributed by atoms with Gasteiger partial charge in [0.1, 0.15) is 0 Å². The molecule has 0 bridgehead atoms. The summed E-state index contributed by atoms with van der Waals surface area (Å²) in [5.74, 6) is -0.0111. The van der Waals surface area contributed by atoms with E-state index in [1.807, 2.05) is 42.5 Å². The zero-order valence-corrected chi connectivity index (χ0v) is 18.8. The highest BCUT2D eigenvalue weighted by molar-refractivity contribution is 7.17. The molecule has 0 atom stereocenters. The van der Waals surface area contributed by atoms with E-state index in [1.54, 1.807) is 11.3 Å². The largest absolute Gasteiger partial charge is 0.351 e. The molecule has 0 saturated heterocycles. The van der Waals surface area contributed by atoms with Gasteiger partial charge in [0, 0.05) is 22.0 Å². The molecule has 0 spiro atoms. The molecule has 156 valence electrons. The number of carbonyl (C=O) groups excluding carboxylic acids is 1. The molecule has 4 nitrogen and oxygen atoms in total. The van der Waals surface area contributed by atoms with Crippen LogP contribution in [0.4, 0.5) is 0 Å². The molecule has 1 aliphatic rings. The molecule has 1 aliphatic carbocycles. The van der Waals surface area contributed by atoms with Gasteiger partial charge in [0.15, 0.2) is 0 Å². The van der Waals surface area contributed by atoms with E-state index in [2.05, 4.69) is 35.1 Å². The van der Waals surface area contributed by atoms with Crippen molar-refractivity contribution in [2.45, 2.75) is 26.2 Å². The van der Waals surface area contributed by atoms with Crippen LogP contribution in [-0.2, 0) is 19.3 Å². The van der Waals surface area contributed by atoms with Crippen LogP contribution >= 0.6 is 22.9 Å². The van der Waals surface area contributed by atoms with Crippen LogP contribution in [0.1, 0.15) is 32.2 Å². The summed E-state index contributed by atoms with van der Waals surface area (Å²) in [5, 5.41) is 8.60. The van der Waals surface area contributed by atoms with Crippen LogP contribution in [0.3, 0.4) is 0 Å². The fourth-order valence-corrected chi connectivity index (χ4v) is 5.51. The van der Waals surface area contributed by atoms with Crippen molar-refractivity contribution in [3.05, 3.63) is 93.1 Å². The second-order valence-corrected chi connectivity index (χ2v) is 9.24. The lowest BCUT2D eigenvalue weighted by molar-refractivity contribution is 0.0958. The van der Waals surface area contributed by atoms with Gasteiger partial charge >= 0.3 is 0 Å². The van der Waals surface area contributed by atoms with E-state index in [0.717, 1.165) is 46.1 Å². The number of fused-ring (bicyclic) bond motifs is 3. The first-order chi connectivity index (χ1) is 15.1. The molecule has 2 heterocycles. The molecular weight excluding hydrogens is 426 g/mol. The minimum absolute atomic E-state index is 0.0111. The molecule has 6 heteroatoms.